The molecule has 5 nitrogen and oxygen atoms in total. The Morgan fingerprint density at radius 1 is 1.38 bits per heavy atom. The topological polar surface area (TPSA) is 98.0 Å². The van der Waals surface area contributed by atoms with Crippen LogP contribution >= 0.6 is 15.9 Å². The van der Waals surface area contributed by atoms with Gasteiger partial charge in [-0.15, -0.1) is 0 Å². The van der Waals surface area contributed by atoms with Crippen molar-refractivity contribution in [3.8, 4) is 0 Å². The number of carboxylic acid groups (broad SMARTS) is 1. The fourth-order valence-electron chi connectivity index (χ4n) is 1.21. The van der Waals surface area contributed by atoms with Crippen LogP contribution in [0.5, 0.6) is 0 Å². The standard InChI is InChI=1S/C10H11BrO5/c11-7-3-5(10(15)16)1-2-6(7)9(14)8(13)4-12/h1-3,8-9,12-14H,4H2,(H,15,16). The third-order valence-electron chi connectivity index (χ3n) is 2.12. The lowest BCUT2D eigenvalue weighted by Gasteiger charge is -2.17. The van der Waals surface area contributed by atoms with Gasteiger partial charge in [-0.3, -0.25) is 0 Å². The minimum absolute atomic E-state index is 0.0707. The summed E-state index contributed by atoms with van der Waals surface area (Å²) in [6.45, 7) is -0.575. The molecule has 0 aliphatic heterocycles. The molecule has 88 valence electrons. The number of halogens is 1. The molecule has 0 heterocycles. The Balaban J connectivity index is 3.03. The van der Waals surface area contributed by atoms with Crippen molar-refractivity contribution >= 4 is 21.9 Å². The van der Waals surface area contributed by atoms with Gasteiger partial charge in [0.05, 0.1) is 12.2 Å². The van der Waals surface area contributed by atoms with Gasteiger partial charge in [-0.1, -0.05) is 22.0 Å². The van der Waals surface area contributed by atoms with Gasteiger partial charge in [0.15, 0.2) is 0 Å². The molecule has 2 unspecified atom stereocenters. The second-order valence-electron chi connectivity index (χ2n) is 3.24. The molecule has 0 fully saturated rings. The van der Waals surface area contributed by atoms with E-state index in [-0.39, 0.29) is 5.56 Å². The van der Waals surface area contributed by atoms with Crippen LogP contribution in [-0.4, -0.2) is 39.1 Å². The number of aliphatic hydroxyl groups excluding tert-OH is 3. The van der Waals surface area contributed by atoms with E-state index >= 15 is 0 Å². The Hall–Kier alpha value is -0.950. The molecule has 0 aliphatic rings. The minimum Gasteiger partial charge on any atom is -0.478 e. The molecule has 1 aromatic carbocycles. The van der Waals surface area contributed by atoms with Gasteiger partial charge < -0.3 is 20.4 Å². The number of hydrogen-bond acceptors (Lipinski definition) is 4. The third-order valence-corrected chi connectivity index (χ3v) is 2.80. The number of rotatable bonds is 4. The molecule has 0 saturated heterocycles. The van der Waals surface area contributed by atoms with Crippen LogP contribution < -0.4 is 0 Å². The normalized spacial score (nSPS) is 14.5. The van der Waals surface area contributed by atoms with Gasteiger partial charge in [0.25, 0.3) is 0 Å². The predicted octanol–water partition coefficient (Wildman–Crippen LogP) is 0.534. The Kier molecular flexibility index (Phi) is 4.43. The highest BCUT2D eigenvalue weighted by molar-refractivity contribution is 9.10. The van der Waals surface area contributed by atoms with E-state index in [9.17, 15) is 15.0 Å². The van der Waals surface area contributed by atoms with Crippen LogP contribution in [0.4, 0.5) is 0 Å². The van der Waals surface area contributed by atoms with Crippen molar-refractivity contribution < 1.29 is 25.2 Å². The first kappa shape index (κ1) is 13.1. The van der Waals surface area contributed by atoms with E-state index in [0.29, 0.717) is 10.0 Å². The summed E-state index contributed by atoms with van der Waals surface area (Å²) in [5.41, 5.74) is 0.396. The molecule has 0 amide bonds. The van der Waals surface area contributed by atoms with Crippen molar-refractivity contribution in [3.05, 3.63) is 33.8 Å². The van der Waals surface area contributed by atoms with Gasteiger partial charge in [-0.05, 0) is 17.7 Å². The van der Waals surface area contributed by atoms with E-state index in [1.54, 1.807) is 0 Å². The van der Waals surface area contributed by atoms with Crippen molar-refractivity contribution in [2.75, 3.05) is 6.61 Å². The average molecular weight is 291 g/mol. The lowest BCUT2D eigenvalue weighted by atomic mass is 10.0. The van der Waals surface area contributed by atoms with Crippen LogP contribution in [0.25, 0.3) is 0 Å². The first-order chi connectivity index (χ1) is 7.47. The fourth-order valence-corrected chi connectivity index (χ4v) is 1.82. The molecule has 1 rings (SSSR count). The lowest BCUT2D eigenvalue weighted by molar-refractivity contribution is -0.0156. The Morgan fingerprint density at radius 3 is 2.44 bits per heavy atom. The highest BCUT2D eigenvalue weighted by Crippen LogP contribution is 2.26. The Morgan fingerprint density at radius 2 is 2.00 bits per heavy atom. The van der Waals surface area contributed by atoms with Crippen LogP contribution in [0, 0.1) is 0 Å². The van der Waals surface area contributed by atoms with Crippen LogP contribution in [0.3, 0.4) is 0 Å². The molecule has 6 heteroatoms. The molecule has 0 saturated carbocycles. The van der Waals surface area contributed by atoms with Crippen LogP contribution in [-0.2, 0) is 0 Å². The molecule has 16 heavy (non-hydrogen) atoms. The number of benzene rings is 1. The average Bonchev–Trinajstić information content (AvgIpc) is 2.26. The van der Waals surface area contributed by atoms with Gasteiger partial charge in [0.1, 0.15) is 12.2 Å². The molecule has 0 aliphatic carbocycles. The number of aromatic carboxylic acids is 1. The van der Waals surface area contributed by atoms with E-state index in [1.165, 1.54) is 18.2 Å². The van der Waals surface area contributed by atoms with Crippen molar-refractivity contribution in [1.29, 1.82) is 0 Å². The molecule has 0 bridgehead atoms. The molecular formula is C10H11BrO5. The zero-order valence-electron chi connectivity index (χ0n) is 8.17. The summed E-state index contributed by atoms with van der Waals surface area (Å²) < 4.78 is 0.368. The maximum Gasteiger partial charge on any atom is 0.335 e. The van der Waals surface area contributed by atoms with Crippen molar-refractivity contribution in [2.45, 2.75) is 12.2 Å². The zero-order valence-corrected chi connectivity index (χ0v) is 9.75. The fraction of sp³-hybridized carbons (Fsp3) is 0.300. The van der Waals surface area contributed by atoms with Gasteiger partial charge in [0.2, 0.25) is 0 Å². The van der Waals surface area contributed by atoms with Crippen LogP contribution in [0.2, 0.25) is 0 Å². The highest BCUT2D eigenvalue weighted by Gasteiger charge is 2.20. The molecule has 0 aromatic heterocycles. The van der Waals surface area contributed by atoms with E-state index in [1.807, 2.05) is 0 Å². The summed E-state index contributed by atoms with van der Waals surface area (Å²) in [6.07, 6.45) is -2.56. The van der Waals surface area contributed by atoms with Crippen molar-refractivity contribution in [3.63, 3.8) is 0 Å². The highest BCUT2D eigenvalue weighted by atomic mass is 79.9. The third kappa shape index (κ3) is 2.79. The summed E-state index contributed by atoms with van der Waals surface area (Å²) in [6, 6.07) is 4.03. The summed E-state index contributed by atoms with van der Waals surface area (Å²) in [4.78, 5) is 10.7. The first-order valence-corrected chi connectivity index (χ1v) is 5.26. The summed E-state index contributed by atoms with van der Waals surface area (Å²) in [7, 11) is 0. The number of hydrogen-bond donors (Lipinski definition) is 4. The van der Waals surface area contributed by atoms with Crippen LogP contribution in [0.15, 0.2) is 22.7 Å². The molecule has 4 N–H and O–H groups in total. The van der Waals surface area contributed by atoms with Crippen LogP contribution in [0.1, 0.15) is 22.0 Å². The number of carboxylic acids is 1. The first-order valence-electron chi connectivity index (χ1n) is 4.47. The number of aliphatic hydroxyl groups is 3. The van der Waals surface area contributed by atoms with E-state index in [4.69, 9.17) is 10.2 Å². The van der Waals surface area contributed by atoms with Crippen molar-refractivity contribution in [2.24, 2.45) is 0 Å². The second-order valence-corrected chi connectivity index (χ2v) is 4.09. The minimum atomic E-state index is -1.30. The second kappa shape index (κ2) is 5.40. The van der Waals surface area contributed by atoms with E-state index in [0.717, 1.165) is 0 Å². The monoisotopic (exact) mass is 290 g/mol. The number of carbonyl (C=O) groups is 1. The lowest BCUT2D eigenvalue weighted by Crippen LogP contribution is -2.22. The zero-order chi connectivity index (χ0) is 12.3. The maximum atomic E-state index is 10.7. The van der Waals surface area contributed by atoms with Crippen molar-refractivity contribution in [1.82, 2.24) is 0 Å². The van der Waals surface area contributed by atoms with Gasteiger partial charge >= 0.3 is 5.97 Å². The SMILES string of the molecule is O=C(O)c1ccc(C(O)C(O)CO)c(Br)c1. The molecular weight excluding hydrogens is 280 g/mol. The van der Waals surface area contributed by atoms with Gasteiger partial charge in [-0.25, -0.2) is 4.79 Å². The largest absolute Gasteiger partial charge is 0.478 e. The Bertz CT molecular complexity index is 393. The summed E-state index contributed by atoms with van der Waals surface area (Å²) in [5, 5.41) is 36.3. The molecule has 2 atom stereocenters. The van der Waals surface area contributed by atoms with Gasteiger partial charge in [-0.2, -0.15) is 0 Å². The van der Waals surface area contributed by atoms with E-state index in [2.05, 4.69) is 15.9 Å². The smallest absolute Gasteiger partial charge is 0.335 e. The Labute approximate surface area is 100 Å². The summed E-state index contributed by atoms with van der Waals surface area (Å²) in [5.74, 6) is -1.08. The summed E-state index contributed by atoms with van der Waals surface area (Å²) >= 11 is 3.10. The van der Waals surface area contributed by atoms with E-state index < -0.39 is 24.8 Å². The molecule has 1 aromatic rings. The van der Waals surface area contributed by atoms with Gasteiger partial charge in [0, 0.05) is 4.47 Å². The predicted molar refractivity (Wildman–Crippen MR) is 59.2 cm³/mol. The molecule has 0 spiro atoms. The quantitative estimate of drug-likeness (QED) is 0.649. The molecule has 0 radical (unpaired) electrons. The maximum absolute atomic E-state index is 10.7.